The predicted molar refractivity (Wildman–Crippen MR) is 81.0 cm³/mol. The third-order valence-electron chi connectivity index (χ3n) is 3.19. The van der Waals surface area contributed by atoms with E-state index in [0.717, 1.165) is 15.8 Å². The summed E-state index contributed by atoms with van der Waals surface area (Å²) in [7, 11) is 0. The molecule has 2 aromatic rings. The molecule has 0 saturated heterocycles. The lowest BCUT2D eigenvalue weighted by atomic mass is 10.1. The van der Waals surface area contributed by atoms with E-state index in [2.05, 4.69) is 15.9 Å². The van der Waals surface area contributed by atoms with Crippen LogP contribution in [0.25, 0.3) is 0 Å². The maximum atomic E-state index is 11.6. The molecule has 0 amide bonds. The topological polar surface area (TPSA) is 44.8 Å². The first kappa shape index (κ1) is 13.9. The number of halogens is 1. The van der Waals surface area contributed by atoms with Gasteiger partial charge >= 0.3 is 0 Å². The van der Waals surface area contributed by atoms with Gasteiger partial charge in [-0.15, -0.1) is 0 Å². The van der Waals surface area contributed by atoms with Crippen LogP contribution in [0.1, 0.15) is 22.8 Å². The van der Waals surface area contributed by atoms with Gasteiger partial charge in [-0.05, 0) is 31.2 Å². The smallest absolute Gasteiger partial charge is 0.231 e. The number of ether oxygens (including phenoxy) is 3. The lowest BCUT2D eigenvalue weighted by molar-refractivity contribution is 0.101. The Kier molecular flexibility index (Phi) is 3.84. The summed E-state index contributed by atoms with van der Waals surface area (Å²) in [5.41, 5.74) is 1.51. The summed E-state index contributed by atoms with van der Waals surface area (Å²) in [5, 5.41) is 0. The Bertz CT molecular complexity index is 697. The van der Waals surface area contributed by atoms with Gasteiger partial charge in [-0.1, -0.05) is 28.1 Å². The average Bonchev–Trinajstić information content (AvgIpc) is 2.92. The lowest BCUT2D eigenvalue weighted by Gasteiger charge is -2.11. The van der Waals surface area contributed by atoms with Crippen molar-refractivity contribution in [1.29, 1.82) is 0 Å². The molecule has 1 aliphatic rings. The molecule has 0 atom stereocenters. The molecule has 3 rings (SSSR count). The van der Waals surface area contributed by atoms with Crippen LogP contribution in [0, 0.1) is 0 Å². The van der Waals surface area contributed by atoms with E-state index in [1.54, 1.807) is 12.1 Å². The lowest BCUT2D eigenvalue weighted by Crippen LogP contribution is -2.02. The third kappa shape index (κ3) is 2.88. The summed E-state index contributed by atoms with van der Waals surface area (Å²) in [6, 6.07) is 10.9. The molecule has 4 nitrogen and oxygen atoms in total. The second kappa shape index (κ2) is 5.77. The monoisotopic (exact) mass is 348 g/mol. The number of para-hydroxylation sites is 1. The van der Waals surface area contributed by atoms with Crippen molar-refractivity contribution in [3.63, 3.8) is 0 Å². The molecule has 0 aliphatic carbocycles. The van der Waals surface area contributed by atoms with Gasteiger partial charge < -0.3 is 14.2 Å². The molecule has 0 bridgehead atoms. The third-order valence-corrected chi connectivity index (χ3v) is 3.93. The van der Waals surface area contributed by atoms with Crippen LogP contribution in [0.5, 0.6) is 17.2 Å². The fourth-order valence-corrected chi connectivity index (χ4v) is 2.55. The minimum absolute atomic E-state index is 0.0182. The van der Waals surface area contributed by atoms with E-state index in [-0.39, 0.29) is 12.6 Å². The molecule has 1 heterocycles. The summed E-state index contributed by atoms with van der Waals surface area (Å²) < 4.78 is 17.3. The van der Waals surface area contributed by atoms with Crippen LogP contribution in [0.15, 0.2) is 40.9 Å². The van der Waals surface area contributed by atoms with E-state index in [4.69, 9.17) is 14.2 Å². The first-order valence-corrected chi connectivity index (χ1v) is 7.25. The number of carbonyl (C=O) groups is 1. The van der Waals surface area contributed by atoms with E-state index < -0.39 is 0 Å². The van der Waals surface area contributed by atoms with Crippen molar-refractivity contribution in [1.82, 2.24) is 0 Å². The SMILES string of the molecule is CC(=O)c1ccccc1OCc1cc2c(cc1Br)OCO2. The van der Waals surface area contributed by atoms with Crippen LogP contribution in [0.2, 0.25) is 0 Å². The Morgan fingerprint density at radius 3 is 2.71 bits per heavy atom. The summed E-state index contributed by atoms with van der Waals surface area (Å²) in [6.45, 7) is 2.10. The maximum absolute atomic E-state index is 11.6. The molecule has 2 aromatic carbocycles. The molecule has 0 N–H and O–H groups in total. The molecule has 0 fully saturated rings. The summed E-state index contributed by atoms with van der Waals surface area (Å²) in [4.78, 5) is 11.6. The van der Waals surface area contributed by atoms with Gasteiger partial charge in [0.05, 0.1) is 5.56 Å². The Morgan fingerprint density at radius 1 is 1.24 bits per heavy atom. The van der Waals surface area contributed by atoms with Gasteiger partial charge in [-0.2, -0.15) is 0 Å². The predicted octanol–water partition coefficient (Wildman–Crippen LogP) is 3.96. The maximum Gasteiger partial charge on any atom is 0.231 e. The van der Waals surface area contributed by atoms with Crippen LogP contribution < -0.4 is 14.2 Å². The summed E-state index contributed by atoms with van der Waals surface area (Å²) in [5.74, 6) is 1.98. The highest BCUT2D eigenvalue weighted by atomic mass is 79.9. The number of ketones is 1. The minimum Gasteiger partial charge on any atom is -0.488 e. The molecule has 0 saturated carbocycles. The van der Waals surface area contributed by atoms with Crippen molar-refractivity contribution >= 4 is 21.7 Å². The van der Waals surface area contributed by atoms with E-state index in [1.165, 1.54) is 6.92 Å². The van der Waals surface area contributed by atoms with Gasteiger partial charge in [0.2, 0.25) is 6.79 Å². The van der Waals surface area contributed by atoms with Crippen molar-refractivity contribution in [2.75, 3.05) is 6.79 Å². The zero-order valence-electron chi connectivity index (χ0n) is 11.4. The largest absolute Gasteiger partial charge is 0.488 e. The second-order valence-corrected chi connectivity index (χ2v) is 5.49. The summed E-state index contributed by atoms with van der Waals surface area (Å²) >= 11 is 3.49. The highest BCUT2D eigenvalue weighted by Gasteiger charge is 2.17. The molecule has 0 aromatic heterocycles. The fourth-order valence-electron chi connectivity index (χ4n) is 2.11. The number of Topliss-reactive ketones (excluding diaryl/α,β-unsaturated/α-hetero) is 1. The van der Waals surface area contributed by atoms with Gasteiger partial charge in [0.25, 0.3) is 0 Å². The molecule has 21 heavy (non-hydrogen) atoms. The number of hydrogen-bond acceptors (Lipinski definition) is 4. The first-order valence-electron chi connectivity index (χ1n) is 6.46. The second-order valence-electron chi connectivity index (χ2n) is 4.64. The van der Waals surface area contributed by atoms with Crippen LogP contribution >= 0.6 is 15.9 Å². The fraction of sp³-hybridized carbons (Fsp3) is 0.188. The molecule has 1 aliphatic heterocycles. The average molecular weight is 349 g/mol. The summed E-state index contributed by atoms with van der Waals surface area (Å²) in [6.07, 6.45) is 0. The van der Waals surface area contributed by atoms with Crippen LogP contribution in [-0.4, -0.2) is 12.6 Å². The van der Waals surface area contributed by atoms with Gasteiger partial charge in [-0.3, -0.25) is 4.79 Å². The molecular formula is C16H13BrO4. The van der Waals surface area contributed by atoms with Crippen LogP contribution in [0.3, 0.4) is 0 Å². The Labute approximate surface area is 130 Å². The van der Waals surface area contributed by atoms with Gasteiger partial charge in [-0.25, -0.2) is 0 Å². The number of fused-ring (bicyclic) bond motifs is 1. The van der Waals surface area contributed by atoms with Crippen molar-refractivity contribution in [3.8, 4) is 17.2 Å². The Balaban J connectivity index is 1.81. The molecule has 108 valence electrons. The minimum atomic E-state index is -0.0182. The zero-order chi connectivity index (χ0) is 14.8. The van der Waals surface area contributed by atoms with E-state index in [9.17, 15) is 4.79 Å². The molecule has 0 spiro atoms. The Hall–Kier alpha value is -2.01. The van der Waals surface area contributed by atoms with Crippen LogP contribution in [0.4, 0.5) is 0 Å². The Morgan fingerprint density at radius 2 is 1.95 bits per heavy atom. The van der Waals surface area contributed by atoms with E-state index >= 15 is 0 Å². The van der Waals surface area contributed by atoms with Gasteiger partial charge in [0, 0.05) is 10.0 Å². The van der Waals surface area contributed by atoms with E-state index in [1.807, 2.05) is 24.3 Å². The van der Waals surface area contributed by atoms with Crippen molar-refractivity contribution in [2.24, 2.45) is 0 Å². The molecule has 0 radical (unpaired) electrons. The number of carbonyl (C=O) groups excluding carboxylic acids is 1. The van der Waals surface area contributed by atoms with Gasteiger partial charge in [0.1, 0.15) is 12.4 Å². The van der Waals surface area contributed by atoms with Crippen LogP contribution in [-0.2, 0) is 6.61 Å². The first-order chi connectivity index (χ1) is 10.1. The molecular weight excluding hydrogens is 336 g/mol. The number of rotatable bonds is 4. The highest BCUT2D eigenvalue weighted by Crippen LogP contribution is 2.37. The van der Waals surface area contributed by atoms with Crippen molar-refractivity contribution in [2.45, 2.75) is 13.5 Å². The quantitative estimate of drug-likeness (QED) is 0.784. The molecule has 0 unspecified atom stereocenters. The highest BCUT2D eigenvalue weighted by molar-refractivity contribution is 9.10. The number of hydrogen-bond donors (Lipinski definition) is 0. The zero-order valence-corrected chi connectivity index (χ0v) is 13.0. The van der Waals surface area contributed by atoms with Crippen molar-refractivity contribution in [3.05, 3.63) is 52.0 Å². The normalized spacial score (nSPS) is 12.3. The van der Waals surface area contributed by atoms with Gasteiger partial charge in [0.15, 0.2) is 17.3 Å². The molecule has 5 heteroatoms. The standard InChI is InChI=1S/C16H13BrO4/c1-10(18)12-4-2-3-5-14(12)19-8-11-6-15-16(7-13(11)17)21-9-20-15/h2-7H,8-9H2,1H3. The van der Waals surface area contributed by atoms with E-state index in [0.29, 0.717) is 23.7 Å². The van der Waals surface area contributed by atoms with Crippen molar-refractivity contribution < 1.29 is 19.0 Å². The number of benzene rings is 2.